The number of thiophene rings is 1. The van der Waals surface area contributed by atoms with Gasteiger partial charge in [0.1, 0.15) is 9.71 Å². The summed E-state index contributed by atoms with van der Waals surface area (Å²) in [7, 11) is 0. The van der Waals surface area contributed by atoms with Crippen molar-refractivity contribution in [2.75, 3.05) is 23.7 Å². The first-order valence-electron chi connectivity index (χ1n) is 7.71. The minimum Gasteiger partial charge on any atom is -0.397 e. The predicted octanol–water partition coefficient (Wildman–Crippen LogP) is 2.25. The zero-order valence-electron chi connectivity index (χ0n) is 13.4. The van der Waals surface area contributed by atoms with Crippen LogP contribution in [0.15, 0.2) is 24.5 Å². The fourth-order valence-electron chi connectivity index (χ4n) is 2.87. The Kier molecular flexibility index (Phi) is 3.93. The predicted molar refractivity (Wildman–Crippen MR) is 99.3 cm³/mol. The Hall–Kier alpha value is -2.45. The van der Waals surface area contributed by atoms with Gasteiger partial charge in [-0.3, -0.25) is 9.78 Å². The number of carbonyl (C=O) groups is 1. The van der Waals surface area contributed by atoms with Gasteiger partial charge in [0, 0.05) is 30.2 Å². The number of anilines is 2. The molecule has 0 radical (unpaired) electrons. The van der Waals surface area contributed by atoms with Crippen molar-refractivity contribution in [1.29, 1.82) is 0 Å². The summed E-state index contributed by atoms with van der Waals surface area (Å²) in [5, 5.41) is 11.9. The van der Waals surface area contributed by atoms with Crippen LogP contribution in [0, 0.1) is 6.92 Å². The molecule has 4 rings (SSSR count). The van der Waals surface area contributed by atoms with Crippen LogP contribution >= 0.6 is 22.9 Å². The quantitative estimate of drug-likeness (QED) is 0.729. The average molecular weight is 375 g/mol. The molecular weight excluding hydrogens is 360 g/mol. The van der Waals surface area contributed by atoms with Crippen LogP contribution in [0.2, 0.25) is 5.15 Å². The number of fused-ring (bicyclic) bond motifs is 1. The first-order valence-corrected chi connectivity index (χ1v) is 8.90. The molecule has 7 nitrogen and oxygen atoms in total. The lowest BCUT2D eigenvalue weighted by Crippen LogP contribution is -2.59. The number of aryl methyl sites for hydroxylation is 1. The molecule has 25 heavy (non-hydrogen) atoms. The first-order chi connectivity index (χ1) is 12.0. The van der Waals surface area contributed by atoms with E-state index in [9.17, 15) is 4.79 Å². The highest BCUT2D eigenvalue weighted by molar-refractivity contribution is 7.21. The number of halogens is 1. The number of nitrogen functional groups attached to an aromatic ring is 1. The van der Waals surface area contributed by atoms with Gasteiger partial charge >= 0.3 is 0 Å². The highest BCUT2D eigenvalue weighted by atomic mass is 35.5. The number of carbonyl (C=O) groups excluding carboxylic acids is 1. The van der Waals surface area contributed by atoms with Gasteiger partial charge in [-0.05, 0) is 19.1 Å². The summed E-state index contributed by atoms with van der Waals surface area (Å²) in [6.45, 7) is 3.31. The van der Waals surface area contributed by atoms with Crippen molar-refractivity contribution in [3.05, 3.63) is 40.1 Å². The van der Waals surface area contributed by atoms with Crippen LogP contribution < -0.4 is 16.0 Å². The molecule has 4 heterocycles. The summed E-state index contributed by atoms with van der Waals surface area (Å²) in [6, 6.07) is 3.97. The van der Waals surface area contributed by atoms with Crippen molar-refractivity contribution in [1.82, 2.24) is 20.5 Å². The van der Waals surface area contributed by atoms with E-state index in [1.807, 2.05) is 25.3 Å². The molecule has 1 fully saturated rings. The summed E-state index contributed by atoms with van der Waals surface area (Å²) in [5.41, 5.74) is 8.37. The minimum absolute atomic E-state index is 0.0769. The Bertz CT molecular complexity index is 954. The molecule has 1 aliphatic rings. The molecule has 0 spiro atoms. The van der Waals surface area contributed by atoms with Crippen molar-refractivity contribution < 1.29 is 4.79 Å². The topological polar surface area (TPSA) is 97.0 Å². The molecule has 0 bridgehead atoms. The number of hydrogen-bond donors (Lipinski definition) is 2. The number of hydrogen-bond acceptors (Lipinski definition) is 7. The Balaban J connectivity index is 1.49. The van der Waals surface area contributed by atoms with Gasteiger partial charge in [0.05, 0.1) is 23.6 Å². The number of pyridine rings is 1. The van der Waals surface area contributed by atoms with Crippen LogP contribution in [0.4, 0.5) is 11.4 Å². The van der Waals surface area contributed by atoms with Crippen LogP contribution in [0.1, 0.15) is 15.2 Å². The standard InChI is InChI=1S/C16H15ClN6OS/c1-8-11-12(18)13(25-16(11)22-21-14(8)17)15(24)20-9-6-23(7-9)10-3-2-4-19-5-10/h2-5,9H,6-7,18H2,1H3,(H,20,24). The Labute approximate surface area is 152 Å². The first kappa shape index (κ1) is 16.0. The average Bonchev–Trinajstić information content (AvgIpc) is 2.92. The molecule has 1 amide bonds. The summed E-state index contributed by atoms with van der Waals surface area (Å²) < 4.78 is 0. The lowest BCUT2D eigenvalue weighted by Gasteiger charge is -2.41. The van der Waals surface area contributed by atoms with E-state index < -0.39 is 0 Å². The van der Waals surface area contributed by atoms with Crippen molar-refractivity contribution >= 4 is 50.4 Å². The van der Waals surface area contributed by atoms with Crippen molar-refractivity contribution in [3.63, 3.8) is 0 Å². The fourth-order valence-corrected chi connectivity index (χ4v) is 4.01. The van der Waals surface area contributed by atoms with Crippen molar-refractivity contribution in [2.24, 2.45) is 0 Å². The molecule has 1 aliphatic heterocycles. The summed E-state index contributed by atoms with van der Waals surface area (Å²) in [5.74, 6) is -0.188. The second-order valence-corrected chi connectivity index (χ2v) is 7.28. The molecule has 0 atom stereocenters. The monoisotopic (exact) mass is 374 g/mol. The lowest BCUT2D eigenvalue weighted by atomic mass is 10.1. The largest absolute Gasteiger partial charge is 0.397 e. The number of amides is 1. The molecule has 3 aromatic heterocycles. The van der Waals surface area contributed by atoms with Gasteiger partial charge in [0.25, 0.3) is 5.91 Å². The van der Waals surface area contributed by atoms with E-state index in [1.54, 1.807) is 6.20 Å². The van der Waals surface area contributed by atoms with E-state index in [-0.39, 0.29) is 11.9 Å². The van der Waals surface area contributed by atoms with Gasteiger partial charge in [-0.15, -0.1) is 21.5 Å². The highest BCUT2D eigenvalue weighted by Gasteiger charge is 2.30. The third-order valence-electron chi connectivity index (χ3n) is 4.27. The summed E-state index contributed by atoms with van der Waals surface area (Å²) in [6.07, 6.45) is 3.55. The van der Waals surface area contributed by atoms with Crippen LogP contribution in [-0.2, 0) is 0 Å². The van der Waals surface area contributed by atoms with E-state index in [0.29, 0.717) is 25.9 Å². The Morgan fingerprint density at radius 1 is 1.44 bits per heavy atom. The van der Waals surface area contributed by atoms with E-state index in [2.05, 4.69) is 25.4 Å². The molecule has 0 unspecified atom stereocenters. The molecule has 0 aliphatic carbocycles. The van der Waals surface area contributed by atoms with Crippen molar-refractivity contribution in [2.45, 2.75) is 13.0 Å². The maximum Gasteiger partial charge on any atom is 0.263 e. The normalized spacial score (nSPS) is 14.6. The third kappa shape index (κ3) is 2.77. The highest BCUT2D eigenvalue weighted by Crippen LogP contribution is 2.36. The van der Waals surface area contributed by atoms with Gasteiger partial charge in [0.2, 0.25) is 0 Å². The van der Waals surface area contributed by atoms with E-state index in [4.69, 9.17) is 17.3 Å². The maximum absolute atomic E-state index is 12.6. The summed E-state index contributed by atoms with van der Waals surface area (Å²) in [4.78, 5) is 19.9. The van der Waals surface area contributed by atoms with Crippen LogP contribution in [0.3, 0.4) is 0 Å². The number of rotatable bonds is 3. The minimum atomic E-state index is -0.188. The van der Waals surface area contributed by atoms with Gasteiger partial charge < -0.3 is 16.0 Å². The maximum atomic E-state index is 12.6. The van der Waals surface area contributed by atoms with Gasteiger partial charge in [-0.1, -0.05) is 11.6 Å². The van der Waals surface area contributed by atoms with Crippen LogP contribution in [0.25, 0.3) is 10.2 Å². The Morgan fingerprint density at radius 2 is 2.24 bits per heavy atom. The van der Waals surface area contributed by atoms with E-state index >= 15 is 0 Å². The lowest BCUT2D eigenvalue weighted by molar-refractivity contribution is 0.0935. The van der Waals surface area contributed by atoms with E-state index in [1.165, 1.54) is 11.3 Å². The molecule has 128 valence electrons. The van der Waals surface area contributed by atoms with Gasteiger partial charge in [0.15, 0.2) is 5.15 Å². The number of nitrogens with one attached hydrogen (secondary N) is 1. The third-order valence-corrected chi connectivity index (χ3v) is 5.72. The molecule has 1 saturated heterocycles. The summed E-state index contributed by atoms with van der Waals surface area (Å²) >= 11 is 7.24. The molecular formula is C16H15ClN6OS. The molecule has 0 aromatic carbocycles. The molecule has 3 aromatic rings. The zero-order valence-corrected chi connectivity index (χ0v) is 14.9. The smallest absolute Gasteiger partial charge is 0.263 e. The second kappa shape index (κ2) is 6.12. The van der Waals surface area contributed by atoms with E-state index in [0.717, 1.165) is 24.3 Å². The van der Waals surface area contributed by atoms with Gasteiger partial charge in [-0.25, -0.2) is 0 Å². The fraction of sp³-hybridized carbons (Fsp3) is 0.250. The van der Waals surface area contributed by atoms with Crippen LogP contribution in [-0.4, -0.2) is 40.2 Å². The number of nitrogens with zero attached hydrogens (tertiary/aromatic N) is 4. The van der Waals surface area contributed by atoms with Crippen LogP contribution in [0.5, 0.6) is 0 Å². The molecule has 0 saturated carbocycles. The zero-order chi connectivity index (χ0) is 17.6. The van der Waals surface area contributed by atoms with Crippen molar-refractivity contribution in [3.8, 4) is 0 Å². The number of nitrogens with two attached hydrogens (primary N) is 1. The Morgan fingerprint density at radius 3 is 2.96 bits per heavy atom. The molecule has 9 heteroatoms. The SMILES string of the molecule is Cc1c(Cl)nnc2sc(C(=O)NC3CN(c4cccnc4)C3)c(N)c12. The number of aromatic nitrogens is 3. The second-order valence-electron chi connectivity index (χ2n) is 5.93. The van der Waals surface area contributed by atoms with Gasteiger partial charge in [-0.2, -0.15) is 0 Å². The molecule has 3 N–H and O–H groups in total.